The van der Waals surface area contributed by atoms with Crippen molar-refractivity contribution in [3.63, 3.8) is 0 Å². The number of nitrogens with zero attached hydrogens (tertiary/aromatic N) is 1. The van der Waals surface area contributed by atoms with Crippen LogP contribution in [0, 0.1) is 0 Å². The maximum Gasteiger partial charge on any atom is 0.329 e. The molecule has 0 aliphatic carbocycles. The molecule has 0 saturated carbocycles. The minimum atomic E-state index is -0.989. The molecule has 19 heavy (non-hydrogen) atoms. The van der Waals surface area contributed by atoms with Crippen LogP contribution in [-0.4, -0.2) is 42.3 Å². The minimum Gasteiger partial charge on any atom is -0.480 e. The van der Waals surface area contributed by atoms with Crippen LogP contribution in [0.25, 0.3) is 0 Å². The summed E-state index contributed by atoms with van der Waals surface area (Å²) in [5.41, 5.74) is 6.04. The number of benzene rings is 1. The molecule has 1 amide bonds. The number of para-hydroxylation sites is 1. The number of carboxylic acid groups (broad SMARTS) is 1. The van der Waals surface area contributed by atoms with Gasteiger partial charge in [-0.3, -0.25) is 4.79 Å². The highest BCUT2D eigenvalue weighted by Gasteiger charge is 2.41. The third kappa shape index (κ3) is 2.85. The number of anilines is 1. The summed E-state index contributed by atoms with van der Waals surface area (Å²) in [6.45, 7) is 2.59. The Morgan fingerprint density at radius 2 is 2.05 bits per heavy atom. The molecule has 1 aliphatic rings. The molecule has 6 heteroatoms. The molecule has 1 heterocycles. The summed E-state index contributed by atoms with van der Waals surface area (Å²) >= 11 is 0. The molecule has 0 bridgehead atoms. The van der Waals surface area contributed by atoms with Crippen LogP contribution in [0.5, 0.6) is 0 Å². The third-order valence-electron chi connectivity index (χ3n) is 3.10. The van der Waals surface area contributed by atoms with Gasteiger partial charge in [0.2, 0.25) is 0 Å². The number of hydrogen-bond donors (Lipinski definition) is 2. The number of carbonyl (C=O) groups excluding carboxylic acids is 1. The molecule has 0 spiro atoms. The van der Waals surface area contributed by atoms with Crippen molar-refractivity contribution in [3.05, 3.63) is 29.8 Å². The number of rotatable bonds is 5. The number of primary amides is 1. The Kier molecular flexibility index (Phi) is 3.44. The van der Waals surface area contributed by atoms with E-state index in [1.807, 2.05) is 24.0 Å². The molecule has 102 valence electrons. The second kappa shape index (κ2) is 4.89. The van der Waals surface area contributed by atoms with Gasteiger partial charge in [-0.2, -0.15) is 0 Å². The van der Waals surface area contributed by atoms with Crippen molar-refractivity contribution in [1.29, 1.82) is 0 Å². The molecule has 6 nitrogen and oxygen atoms in total. The highest BCUT2D eigenvalue weighted by molar-refractivity contribution is 5.98. The van der Waals surface area contributed by atoms with Gasteiger partial charge in [0.15, 0.2) is 0 Å². The van der Waals surface area contributed by atoms with Gasteiger partial charge >= 0.3 is 5.97 Å². The fourth-order valence-corrected chi connectivity index (χ4v) is 2.22. The number of ether oxygens (including phenoxy) is 1. The Morgan fingerprint density at radius 1 is 1.42 bits per heavy atom. The fourth-order valence-electron chi connectivity index (χ4n) is 2.22. The second-order valence-corrected chi connectivity index (χ2v) is 4.87. The zero-order chi connectivity index (χ0) is 14.0. The molecule has 3 N–H and O–H groups in total. The molecule has 1 aromatic carbocycles. The van der Waals surface area contributed by atoms with Crippen molar-refractivity contribution >= 4 is 17.6 Å². The van der Waals surface area contributed by atoms with Crippen LogP contribution >= 0.6 is 0 Å². The Hall–Kier alpha value is -2.08. The fraction of sp³-hybridized carbons (Fsp3) is 0.385. The van der Waals surface area contributed by atoms with Crippen LogP contribution in [-0.2, 0) is 9.53 Å². The Morgan fingerprint density at radius 3 is 2.63 bits per heavy atom. The predicted molar refractivity (Wildman–Crippen MR) is 69.2 cm³/mol. The SMILES string of the molecule is CC1(OCC(=O)O)CN(c2ccccc2C(N)=O)C1. The first-order chi connectivity index (χ1) is 8.91. The third-order valence-corrected chi connectivity index (χ3v) is 3.10. The Bertz CT molecular complexity index is 509. The molecule has 1 saturated heterocycles. The molecule has 0 aromatic heterocycles. The molecule has 1 fully saturated rings. The van der Waals surface area contributed by atoms with Crippen molar-refractivity contribution in [1.82, 2.24) is 0 Å². The highest BCUT2D eigenvalue weighted by Crippen LogP contribution is 2.32. The van der Waals surface area contributed by atoms with E-state index in [2.05, 4.69) is 0 Å². The highest BCUT2D eigenvalue weighted by atomic mass is 16.5. The van der Waals surface area contributed by atoms with Gasteiger partial charge in [-0.1, -0.05) is 12.1 Å². The van der Waals surface area contributed by atoms with E-state index >= 15 is 0 Å². The first kappa shape index (κ1) is 13.4. The van der Waals surface area contributed by atoms with Crippen LogP contribution in [0.2, 0.25) is 0 Å². The average molecular weight is 264 g/mol. The molecule has 0 unspecified atom stereocenters. The summed E-state index contributed by atoms with van der Waals surface area (Å²) in [6.07, 6.45) is 0. The molecular weight excluding hydrogens is 248 g/mol. The van der Waals surface area contributed by atoms with E-state index in [4.69, 9.17) is 15.6 Å². The van der Waals surface area contributed by atoms with E-state index < -0.39 is 17.5 Å². The average Bonchev–Trinajstić information content (AvgIpc) is 2.33. The molecule has 0 radical (unpaired) electrons. The van der Waals surface area contributed by atoms with Crippen LogP contribution in [0.15, 0.2) is 24.3 Å². The van der Waals surface area contributed by atoms with Gasteiger partial charge in [-0.05, 0) is 19.1 Å². The quantitative estimate of drug-likeness (QED) is 0.806. The van der Waals surface area contributed by atoms with Gasteiger partial charge < -0.3 is 20.5 Å². The summed E-state index contributed by atoms with van der Waals surface area (Å²) in [7, 11) is 0. The topological polar surface area (TPSA) is 92.9 Å². The van der Waals surface area contributed by atoms with Gasteiger partial charge in [0, 0.05) is 18.8 Å². The first-order valence-corrected chi connectivity index (χ1v) is 5.91. The van der Waals surface area contributed by atoms with Crippen molar-refractivity contribution in [2.75, 3.05) is 24.6 Å². The molecule has 1 aromatic rings. The van der Waals surface area contributed by atoms with Crippen LogP contribution in [0.1, 0.15) is 17.3 Å². The monoisotopic (exact) mass is 264 g/mol. The number of carboxylic acids is 1. The second-order valence-electron chi connectivity index (χ2n) is 4.87. The number of aliphatic carboxylic acids is 1. The lowest BCUT2D eigenvalue weighted by molar-refractivity contribution is -0.150. The van der Waals surface area contributed by atoms with E-state index in [1.165, 1.54) is 0 Å². The van der Waals surface area contributed by atoms with E-state index in [0.717, 1.165) is 5.69 Å². The van der Waals surface area contributed by atoms with Crippen molar-refractivity contribution in [3.8, 4) is 0 Å². The van der Waals surface area contributed by atoms with E-state index in [9.17, 15) is 9.59 Å². The normalized spacial score (nSPS) is 16.8. The van der Waals surface area contributed by atoms with Crippen LogP contribution < -0.4 is 10.6 Å². The number of amides is 1. The lowest BCUT2D eigenvalue weighted by atomic mass is 9.94. The van der Waals surface area contributed by atoms with Gasteiger partial charge in [-0.15, -0.1) is 0 Å². The first-order valence-electron chi connectivity index (χ1n) is 5.91. The molecule has 1 aliphatic heterocycles. The molecular formula is C13H16N2O4. The van der Waals surface area contributed by atoms with Crippen LogP contribution in [0.3, 0.4) is 0 Å². The Labute approximate surface area is 110 Å². The largest absolute Gasteiger partial charge is 0.480 e. The minimum absolute atomic E-state index is 0.318. The maximum atomic E-state index is 11.3. The lowest BCUT2D eigenvalue weighted by Gasteiger charge is -2.49. The van der Waals surface area contributed by atoms with Gasteiger partial charge in [-0.25, -0.2) is 4.79 Å². The van der Waals surface area contributed by atoms with E-state index in [-0.39, 0.29) is 6.61 Å². The number of nitrogens with two attached hydrogens (primary N) is 1. The number of hydrogen-bond acceptors (Lipinski definition) is 4. The van der Waals surface area contributed by atoms with Crippen molar-refractivity contribution in [2.24, 2.45) is 5.73 Å². The zero-order valence-electron chi connectivity index (χ0n) is 10.6. The summed E-state index contributed by atoms with van der Waals surface area (Å²) < 4.78 is 5.32. The number of carbonyl (C=O) groups is 2. The van der Waals surface area contributed by atoms with Gasteiger partial charge in [0.1, 0.15) is 12.2 Å². The molecule has 0 atom stereocenters. The maximum absolute atomic E-state index is 11.3. The standard InChI is InChI=1S/C13H16N2O4/c1-13(19-6-11(16)17)7-15(8-13)10-5-3-2-4-9(10)12(14)18/h2-5H,6-8H2,1H3,(H2,14,18)(H,16,17). The summed E-state index contributed by atoms with van der Waals surface area (Å²) in [4.78, 5) is 23.8. The van der Waals surface area contributed by atoms with Crippen molar-refractivity contribution in [2.45, 2.75) is 12.5 Å². The van der Waals surface area contributed by atoms with Gasteiger partial charge in [0.25, 0.3) is 5.91 Å². The summed E-state index contributed by atoms with van der Waals surface area (Å²) in [5.74, 6) is -1.46. The van der Waals surface area contributed by atoms with Crippen molar-refractivity contribution < 1.29 is 19.4 Å². The summed E-state index contributed by atoms with van der Waals surface area (Å²) in [6, 6.07) is 7.07. The zero-order valence-corrected chi connectivity index (χ0v) is 10.6. The lowest BCUT2D eigenvalue weighted by Crippen LogP contribution is -2.62. The van der Waals surface area contributed by atoms with Crippen LogP contribution in [0.4, 0.5) is 5.69 Å². The van der Waals surface area contributed by atoms with E-state index in [1.54, 1.807) is 12.1 Å². The Balaban J connectivity index is 2.04. The van der Waals surface area contributed by atoms with E-state index in [0.29, 0.717) is 18.7 Å². The molecule has 2 rings (SSSR count). The predicted octanol–water partition coefficient (Wildman–Crippen LogP) is 0.465. The van der Waals surface area contributed by atoms with Gasteiger partial charge in [0.05, 0.1) is 5.56 Å². The summed E-state index contributed by atoms with van der Waals surface area (Å²) in [5, 5.41) is 8.60. The smallest absolute Gasteiger partial charge is 0.329 e.